The van der Waals surface area contributed by atoms with Gasteiger partial charge >= 0.3 is 0 Å². The molecule has 0 bridgehead atoms. The van der Waals surface area contributed by atoms with Crippen molar-refractivity contribution < 1.29 is 14.4 Å². The maximum absolute atomic E-state index is 9.48. The lowest BCUT2D eigenvalue weighted by Crippen LogP contribution is -2.32. The SMILES string of the molecule is CC(C)Oc1ccc(-c2nc(-c3cccc4c3CCC4N[C@H](C)CO)no2)cc1C#N. The first kappa shape index (κ1) is 21.0. The topological polar surface area (TPSA) is 104 Å². The van der Waals surface area contributed by atoms with E-state index in [1.165, 1.54) is 11.1 Å². The molecule has 3 aromatic rings. The quantitative estimate of drug-likeness (QED) is 0.597. The highest BCUT2D eigenvalue weighted by atomic mass is 16.5. The molecule has 160 valence electrons. The standard InChI is InChI=1S/C24H26N4O3/c1-14(2)30-22-10-7-16(11-17(22)12-25)24-27-23(28-31-24)20-6-4-5-19-18(20)8-9-21(19)26-15(3)13-29/h4-7,10-11,14-15,21,26,29H,8-9,13H2,1-3H3/t15-,21?/m1/s1. The molecule has 1 aliphatic rings. The monoisotopic (exact) mass is 418 g/mol. The minimum atomic E-state index is -0.0215. The molecule has 1 aromatic heterocycles. The third-order valence-corrected chi connectivity index (χ3v) is 5.41. The fourth-order valence-electron chi connectivity index (χ4n) is 3.99. The normalized spacial score (nSPS) is 16.2. The second kappa shape index (κ2) is 8.88. The summed E-state index contributed by atoms with van der Waals surface area (Å²) in [6.07, 6.45) is 1.85. The van der Waals surface area contributed by atoms with E-state index in [1.807, 2.05) is 39.0 Å². The first-order valence-corrected chi connectivity index (χ1v) is 10.5. The van der Waals surface area contributed by atoms with Gasteiger partial charge in [-0.1, -0.05) is 23.4 Å². The lowest BCUT2D eigenvalue weighted by molar-refractivity contribution is 0.240. The van der Waals surface area contributed by atoms with Crippen molar-refractivity contribution in [3.05, 3.63) is 53.1 Å². The van der Waals surface area contributed by atoms with Crippen molar-refractivity contribution in [1.29, 1.82) is 5.26 Å². The molecule has 2 aromatic carbocycles. The second-order valence-corrected chi connectivity index (χ2v) is 8.13. The summed E-state index contributed by atoms with van der Waals surface area (Å²) in [4.78, 5) is 4.61. The van der Waals surface area contributed by atoms with E-state index in [0.29, 0.717) is 28.6 Å². The van der Waals surface area contributed by atoms with E-state index in [2.05, 4.69) is 27.6 Å². The van der Waals surface area contributed by atoms with Crippen LogP contribution in [0, 0.1) is 11.3 Å². The second-order valence-electron chi connectivity index (χ2n) is 8.13. The molecule has 31 heavy (non-hydrogen) atoms. The minimum absolute atomic E-state index is 0.0215. The van der Waals surface area contributed by atoms with Crippen LogP contribution in [-0.4, -0.2) is 34.0 Å². The number of nitrogens with one attached hydrogen (secondary N) is 1. The molecule has 0 amide bonds. The summed E-state index contributed by atoms with van der Waals surface area (Å²) in [7, 11) is 0. The molecule has 0 radical (unpaired) electrons. The smallest absolute Gasteiger partial charge is 0.258 e. The van der Waals surface area contributed by atoms with Crippen LogP contribution >= 0.6 is 0 Å². The third kappa shape index (κ3) is 4.31. The average molecular weight is 418 g/mol. The molecule has 0 spiro atoms. The molecule has 7 nitrogen and oxygen atoms in total. The highest BCUT2D eigenvalue weighted by Gasteiger charge is 2.27. The Morgan fingerprint density at radius 1 is 1.29 bits per heavy atom. The summed E-state index contributed by atoms with van der Waals surface area (Å²) < 4.78 is 11.2. The van der Waals surface area contributed by atoms with Crippen LogP contribution in [0.5, 0.6) is 5.75 Å². The van der Waals surface area contributed by atoms with Gasteiger partial charge in [-0.15, -0.1) is 0 Å². The van der Waals surface area contributed by atoms with E-state index < -0.39 is 0 Å². The molecule has 0 fully saturated rings. The van der Waals surface area contributed by atoms with Gasteiger partial charge in [0.1, 0.15) is 11.8 Å². The van der Waals surface area contributed by atoms with Crippen LogP contribution in [0.4, 0.5) is 0 Å². The van der Waals surface area contributed by atoms with Crippen molar-refractivity contribution in [3.8, 4) is 34.7 Å². The fraction of sp³-hybridized carbons (Fsp3) is 0.375. The van der Waals surface area contributed by atoms with Gasteiger partial charge in [-0.25, -0.2) is 0 Å². The number of aliphatic hydroxyl groups is 1. The molecule has 1 heterocycles. The predicted molar refractivity (Wildman–Crippen MR) is 116 cm³/mol. The Hall–Kier alpha value is -3.21. The van der Waals surface area contributed by atoms with E-state index in [0.717, 1.165) is 18.4 Å². The van der Waals surface area contributed by atoms with Crippen LogP contribution < -0.4 is 10.1 Å². The van der Waals surface area contributed by atoms with Crippen molar-refractivity contribution in [3.63, 3.8) is 0 Å². The van der Waals surface area contributed by atoms with E-state index in [9.17, 15) is 10.4 Å². The maximum atomic E-state index is 9.48. The highest BCUT2D eigenvalue weighted by Crippen LogP contribution is 2.37. The molecule has 0 saturated carbocycles. The van der Waals surface area contributed by atoms with E-state index in [-0.39, 0.29) is 24.8 Å². The Kier molecular flexibility index (Phi) is 6.03. The maximum Gasteiger partial charge on any atom is 0.258 e. The van der Waals surface area contributed by atoms with Crippen molar-refractivity contribution >= 4 is 0 Å². The van der Waals surface area contributed by atoms with Crippen molar-refractivity contribution in [2.45, 2.75) is 51.8 Å². The Morgan fingerprint density at radius 3 is 2.87 bits per heavy atom. The lowest BCUT2D eigenvalue weighted by atomic mass is 10.0. The summed E-state index contributed by atoms with van der Waals surface area (Å²) in [6.45, 7) is 5.91. The van der Waals surface area contributed by atoms with E-state index >= 15 is 0 Å². The summed E-state index contributed by atoms with van der Waals surface area (Å²) in [5.41, 5.74) is 4.48. The van der Waals surface area contributed by atoms with Crippen LogP contribution in [0.15, 0.2) is 40.9 Å². The molecule has 2 N–H and O–H groups in total. The van der Waals surface area contributed by atoms with Gasteiger partial charge in [0, 0.05) is 23.2 Å². The van der Waals surface area contributed by atoms with Gasteiger partial charge in [-0.3, -0.25) is 0 Å². The molecule has 0 saturated heterocycles. The van der Waals surface area contributed by atoms with Gasteiger partial charge in [0.25, 0.3) is 5.89 Å². The molecule has 0 aliphatic heterocycles. The number of benzene rings is 2. The number of nitrogens with zero attached hydrogens (tertiary/aromatic N) is 3. The molecule has 4 rings (SSSR count). The number of fused-ring (bicyclic) bond motifs is 1. The number of aromatic nitrogens is 2. The van der Waals surface area contributed by atoms with Crippen LogP contribution in [0.25, 0.3) is 22.8 Å². The Morgan fingerprint density at radius 2 is 2.13 bits per heavy atom. The largest absolute Gasteiger partial charge is 0.490 e. The fourth-order valence-corrected chi connectivity index (χ4v) is 3.99. The molecule has 1 unspecified atom stereocenters. The number of ether oxygens (including phenoxy) is 1. The summed E-state index contributed by atoms with van der Waals surface area (Å²) in [6, 6.07) is 13.8. The molecule has 2 atom stereocenters. The number of hydrogen-bond donors (Lipinski definition) is 2. The summed E-state index contributed by atoms with van der Waals surface area (Å²) in [5.74, 6) is 1.43. The van der Waals surface area contributed by atoms with Gasteiger partial charge in [0.15, 0.2) is 0 Å². The molecule has 7 heteroatoms. The van der Waals surface area contributed by atoms with Crippen molar-refractivity contribution in [2.24, 2.45) is 0 Å². The number of nitriles is 1. The Balaban J connectivity index is 1.63. The van der Waals surface area contributed by atoms with Crippen LogP contribution in [0.3, 0.4) is 0 Å². The first-order valence-electron chi connectivity index (χ1n) is 10.5. The third-order valence-electron chi connectivity index (χ3n) is 5.41. The molecular weight excluding hydrogens is 392 g/mol. The van der Waals surface area contributed by atoms with Gasteiger partial charge in [0.05, 0.1) is 18.3 Å². The Bertz CT molecular complexity index is 1120. The van der Waals surface area contributed by atoms with Crippen LogP contribution in [0.2, 0.25) is 0 Å². The van der Waals surface area contributed by atoms with Crippen LogP contribution in [0.1, 0.15) is 49.9 Å². The zero-order valence-corrected chi connectivity index (χ0v) is 17.9. The van der Waals surface area contributed by atoms with Gasteiger partial charge < -0.3 is 19.7 Å². The average Bonchev–Trinajstić information content (AvgIpc) is 3.41. The van der Waals surface area contributed by atoms with Gasteiger partial charge in [0.2, 0.25) is 5.82 Å². The number of aliphatic hydroxyl groups excluding tert-OH is 1. The zero-order chi connectivity index (χ0) is 22.0. The van der Waals surface area contributed by atoms with Gasteiger partial charge in [-0.2, -0.15) is 10.2 Å². The highest BCUT2D eigenvalue weighted by molar-refractivity contribution is 5.67. The zero-order valence-electron chi connectivity index (χ0n) is 17.9. The summed E-state index contributed by atoms with van der Waals surface area (Å²) >= 11 is 0. The van der Waals surface area contributed by atoms with Crippen molar-refractivity contribution in [2.75, 3.05) is 6.61 Å². The lowest BCUT2D eigenvalue weighted by Gasteiger charge is -2.18. The van der Waals surface area contributed by atoms with E-state index in [4.69, 9.17) is 9.26 Å². The van der Waals surface area contributed by atoms with Gasteiger partial charge in [-0.05, 0) is 62.9 Å². The molecule has 1 aliphatic carbocycles. The minimum Gasteiger partial charge on any atom is -0.490 e. The van der Waals surface area contributed by atoms with E-state index in [1.54, 1.807) is 12.1 Å². The number of hydrogen-bond acceptors (Lipinski definition) is 7. The van der Waals surface area contributed by atoms with Crippen LogP contribution in [-0.2, 0) is 6.42 Å². The van der Waals surface area contributed by atoms with Crippen molar-refractivity contribution in [1.82, 2.24) is 15.5 Å². The molecular formula is C24H26N4O3. The summed E-state index contributed by atoms with van der Waals surface area (Å²) in [5, 5.41) is 26.5. The Labute approximate surface area is 181 Å². The first-order chi connectivity index (χ1) is 15.0. The number of rotatable bonds is 7. The predicted octanol–water partition coefficient (Wildman–Crippen LogP) is 4.02.